The molecule has 22 heavy (non-hydrogen) atoms. The number of halogens is 2. The molecule has 4 nitrogen and oxygen atoms in total. The van der Waals surface area contributed by atoms with E-state index in [2.05, 4.69) is 5.32 Å². The van der Waals surface area contributed by atoms with E-state index in [0.717, 1.165) is 12.8 Å². The number of carbonyl (C=O) groups is 2. The summed E-state index contributed by atoms with van der Waals surface area (Å²) in [5.41, 5.74) is 0.576. The molecule has 0 radical (unpaired) electrons. The van der Waals surface area contributed by atoms with Gasteiger partial charge in [-0.3, -0.25) is 9.59 Å². The summed E-state index contributed by atoms with van der Waals surface area (Å²) in [4.78, 5) is 25.3. The molecule has 0 bridgehead atoms. The van der Waals surface area contributed by atoms with E-state index in [1.165, 1.54) is 24.7 Å². The van der Waals surface area contributed by atoms with Crippen LogP contribution in [0.3, 0.4) is 0 Å². The monoisotopic (exact) mass is 342 g/mol. The van der Waals surface area contributed by atoms with Crippen molar-refractivity contribution in [1.29, 1.82) is 0 Å². The van der Waals surface area contributed by atoms with Crippen LogP contribution >= 0.6 is 23.2 Å². The van der Waals surface area contributed by atoms with Crippen LogP contribution in [0, 0.1) is 0 Å². The highest BCUT2D eigenvalue weighted by molar-refractivity contribution is 6.36. The van der Waals surface area contributed by atoms with Crippen LogP contribution in [0.15, 0.2) is 18.2 Å². The molecule has 1 aliphatic rings. The Labute approximate surface area is 140 Å². The van der Waals surface area contributed by atoms with Crippen molar-refractivity contribution in [2.45, 2.75) is 45.1 Å². The molecule has 1 aromatic rings. The van der Waals surface area contributed by atoms with Crippen LogP contribution in [0.2, 0.25) is 10.0 Å². The third kappa shape index (κ3) is 4.62. The van der Waals surface area contributed by atoms with Crippen LogP contribution in [0.25, 0.3) is 0 Å². The molecule has 0 spiro atoms. The highest BCUT2D eigenvalue weighted by Crippen LogP contribution is 2.29. The Morgan fingerprint density at radius 3 is 2.55 bits per heavy atom. The second kappa shape index (κ2) is 7.84. The number of hydrogen-bond acceptors (Lipinski definition) is 2. The normalized spacial score (nSPS) is 14.9. The standard InChI is InChI=1S/C16H20Cl2N2O2/c1-11(21)20(15-7-6-12(17)10-14(15)18)9-8-16(22)19-13-4-2-3-5-13/h6-7,10,13H,2-5,8-9H2,1H3,(H,19,22). The third-order valence-electron chi connectivity index (χ3n) is 3.86. The highest BCUT2D eigenvalue weighted by atomic mass is 35.5. The molecule has 0 saturated heterocycles. The second-order valence-corrected chi connectivity index (χ2v) is 6.41. The summed E-state index contributed by atoms with van der Waals surface area (Å²) >= 11 is 12.0. The third-order valence-corrected chi connectivity index (χ3v) is 4.40. The quantitative estimate of drug-likeness (QED) is 0.884. The zero-order valence-electron chi connectivity index (χ0n) is 12.6. The molecule has 1 N–H and O–H groups in total. The van der Waals surface area contributed by atoms with Gasteiger partial charge in [-0.05, 0) is 31.0 Å². The molecule has 0 atom stereocenters. The lowest BCUT2D eigenvalue weighted by Gasteiger charge is -2.22. The van der Waals surface area contributed by atoms with Crippen molar-refractivity contribution in [3.05, 3.63) is 28.2 Å². The summed E-state index contributed by atoms with van der Waals surface area (Å²) in [5, 5.41) is 3.93. The average molecular weight is 343 g/mol. The molecule has 1 saturated carbocycles. The maximum Gasteiger partial charge on any atom is 0.223 e. The Morgan fingerprint density at radius 1 is 1.27 bits per heavy atom. The molecule has 0 unspecified atom stereocenters. The van der Waals surface area contributed by atoms with Gasteiger partial charge in [-0.1, -0.05) is 36.0 Å². The zero-order chi connectivity index (χ0) is 16.1. The maximum absolute atomic E-state index is 12.0. The molecule has 1 aliphatic carbocycles. The summed E-state index contributed by atoms with van der Waals surface area (Å²) < 4.78 is 0. The van der Waals surface area contributed by atoms with Gasteiger partial charge < -0.3 is 10.2 Å². The largest absolute Gasteiger partial charge is 0.353 e. The molecule has 0 heterocycles. The maximum atomic E-state index is 12.0. The first-order chi connectivity index (χ1) is 10.5. The first-order valence-electron chi connectivity index (χ1n) is 7.50. The van der Waals surface area contributed by atoms with Crippen LogP contribution < -0.4 is 10.2 Å². The smallest absolute Gasteiger partial charge is 0.223 e. The Balaban J connectivity index is 1.96. The minimum Gasteiger partial charge on any atom is -0.353 e. The van der Waals surface area contributed by atoms with Gasteiger partial charge >= 0.3 is 0 Å². The lowest BCUT2D eigenvalue weighted by Crippen LogP contribution is -2.37. The van der Waals surface area contributed by atoms with Crippen molar-refractivity contribution in [2.24, 2.45) is 0 Å². The van der Waals surface area contributed by atoms with Crippen molar-refractivity contribution in [2.75, 3.05) is 11.4 Å². The summed E-state index contributed by atoms with van der Waals surface area (Å²) in [6, 6.07) is 5.25. The number of carbonyl (C=O) groups excluding carboxylic acids is 2. The van der Waals surface area contributed by atoms with E-state index < -0.39 is 0 Å². The summed E-state index contributed by atoms with van der Waals surface area (Å²) in [7, 11) is 0. The van der Waals surface area contributed by atoms with Gasteiger partial charge in [-0.2, -0.15) is 0 Å². The highest BCUT2D eigenvalue weighted by Gasteiger charge is 2.19. The molecule has 0 aromatic heterocycles. The minimum atomic E-state index is -0.155. The van der Waals surface area contributed by atoms with Crippen LogP contribution in [-0.2, 0) is 9.59 Å². The molecular formula is C16H20Cl2N2O2. The number of hydrogen-bond donors (Lipinski definition) is 1. The number of amides is 2. The van der Waals surface area contributed by atoms with Gasteiger partial charge in [0.1, 0.15) is 0 Å². The summed E-state index contributed by atoms with van der Waals surface area (Å²) in [5.74, 6) is -0.180. The number of anilines is 1. The molecule has 2 amide bonds. The predicted molar refractivity (Wildman–Crippen MR) is 89.5 cm³/mol. The fraction of sp³-hybridized carbons (Fsp3) is 0.500. The summed E-state index contributed by atoms with van der Waals surface area (Å²) in [6.07, 6.45) is 4.70. The van der Waals surface area contributed by atoms with Crippen molar-refractivity contribution in [3.63, 3.8) is 0 Å². The van der Waals surface area contributed by atoms with E-state index in [4.69, 9.17) is 23.2 Å². The Hall–Kier alpha value is -1.26. The van der Waals surface area contributed by atoms with Crippen LogP contribution in [-0.4, -0.2) is 24.4 Å². The summed E-state index contributed by atoms with van der Waals surface area (Å²) in [6.45, 7) is 1.76. The van der Waals surface area contributed by atoms with Crippen molar-refractivity contribution in [3.8, 4) is 0 Å². The van der Waals surface area contributed by atoms with Crippen molar-refractivity contribution in [1.82, 2.24) is 5.32 Å². The van der Waals surface area contributed by atoms with Gasteiger partial charge in [0.2, 0.25) is 11.8 Å². The number of rotatable bonds is 5. The number of nitrogens with zero attached hydrogens (tertiary/aromatic N) is 1. The molecule has 1 fully saturated rings. The molecule has 6 heteroatoms. The van der Waals surface area contributed by atoms with E-state index in [-0.39, 0.29) is 24.3 Å². The average Bonchev–Trinajstić information content (AvgIpc) is 2.93. The van der Waals surface area contributed by atoms with Gasteiger partial charge in [0, 0.05) is 31.0 Å². The lowest BCUT2D eigenvalue weighted by molar-refractivity contribution is -0.121. The molecule has 2 rings (SSSR count). The Morgan fingerprint density at radius 2 is 1.95 bits per heavy atom. The number of nitrogens with one attached hydrogen (secondary N) is 1. The predicted octanol–water partition coefficient (Wildman–Crippen LogP) is 3.80. The van der Waals surface area contributed by atoms with Crippen molar-refractivity contribution < 1.29 is 9.59 Å². The van der Waals surface area contributed by atoms with Gasteiger partial charge in [0.25, 0.3) is 0 Å². The van der Waals surface area contributed by atoms with E-state index in [0.29, 0.717) is 22.3 Å². The first kappa shape index (κ1) is 17.1. The molecule has 0 aliphatic heterocycles. The fourth-order valence-electron chi connectivity index (χ4n) is 2.73. The van der Waals surface area contributed by atoms with Gasteiger partial charge in [-0.15, -0.1) is 0 Å². The first-order valence-corrected chi connectivity index (χ1v) is 8.25. The molecule has 120 valence electrons. The van der Waals surface area contributed by atoms with Gasteiger partial charge in [0.15, 0.2) is 0 Å². The zero-order valence-corrected chi connectivity index (χ0v) is 14.1. The van der Waals surface area contributed by atoms with Crippen LogP contribution in [0.4, 0.5) is 5.69 Å². The molecule has 1 aromatic carbocycles. The Kier molecular flexibility index (Phi) is 6.09. The van der Waals surface area contributed by atoms with E-state index in [1.807, 2.05) is 0 Å². The van der Waals surface area contributed by atoms with Gasteiger partial charge in [-0.25, -0.2) is 0 Å². The number of benzene rings is 1. The molecular weight excluding hydrogens is 323 g/mol. The minimum absolute atomic E-state index is 0.0248. The topological polar surface area (TPSA) is 49.4 Å². The van der Waals surface area contributed by atoms with Crippen molar-refractivity contribution >= 4 is 40.7 Å². The SMILES string of the molecule is CC(=O)N(CCC(=O)NC1CCCC1)c1ccc(Cl)cc1Cl. The fourth-order valence-corrected chi connectivity index (χ4v) is 3.24. The Bertz CT molecular complexity index is 557. The van der Waals surface area contributed by atoms with E-state index in [9.17, 15) is 9.59 Å². The second-order valence-electron chi connectivity index (χ2n) is 5.57. The van der Waals surface area contributed by atoms with E-state index >= 15 is 0 Å². The van der Waals surface area contributed by atoms with Crippen LogP contribution in [0.5, 0.6) is 0 Å². The van der Waals surface area contributed by atoms with E-state index in [1.54, 1.807) is 18.2 Å². The lowest BCUT2D eigenvalue weighted by atomic mass is 10.2. The van der Waals surface area contributed by atoms with Crippen LogP contribution in [0.1, 0.15) is 39.0 Å². The van der Waals surface area contributed by atoms with Gasteiger partial charge in [0.05, 0.1) is 10.7 Å².